The van der Waals surface area contributed by atoms with E-state index in [1.165, 1.54) is 17.6 Å². The summed E-state index contributed by atoms with van der Waals surface area (Å²) in [6.07, 6.45) is 11.5. The zero-order chi connectivity index (χ0) is 12.1. The Morgan fingerprint density at radius 2 is 1.38 bits per heavy atom. The van der Waals surface area contributed by atoms with Crippen LogP contribution >= 0.6 is 0 Å². The topological polar surface area (TPSA) is 0 Å². The van der Waals surface area contributed by atoms with Crippen molar-refractivity contribution in [2.75, 3.05) is 0 Å². The Morgan fingerprint density at radius 3 is 1.69 bits per heavy atom. The van der Waals surface area contributed by atoms with Crippen molar-refractivity contribution >= 4 is 0 Å². The minimum Gasteiger partial charge on any atom is -0.0985 e. The van der Waals surface area contributed by atoms with E-state index >= 15 is 0 Å². The van der Waals surface area contributed by atoms with E-state index in [0.29, 0.717) is 0 Å². The molecule has 0 N–H and O–H groups in total. The number of rotatable bonds is 6. The molecule has 16 heavy (non-hydrogen) atoms. The second-order valence-electron chi connectivity index (χ2n) is 2.92. The van der Waals surface area contributed by atoms with Crippen LogP contribution in [0.1, 0.15) is 54.4 Å². The van der Waals surface area contributed by atoms with Gasteiger partial charge in [0.25, 0.3) is 0 Å². The van der Waals surface area contributed by atoms with E-state index in [1.807, 2.05) is 26.0 Å². The van der Waals surface area contributed by atoms with Crippen LogP contribution in [0.2, 0.25) is 0 Å². The van der Waals surface area contributed by atoms with Crippen LogP contribution in [0.4, 0.5) is 0 Å². The van der Waals surface area contributed by atoms with Crippen molar-refractivity contribution < 1.29 is 0 Å². The van der Waals surface area contributed by atoms with E-state index in [0.717, 1.165) is 12.8 Å². The minimum atomic E-state index is 0. The molecule has 0 heteroatoms. The highest BCUT2D eigenvalue weighted by Gasteiger charge is 1.94. The van der Waals surface area contributed by atoms with E-state index in [-0.39, 0.29) is 7.43 Å². The first-order chi connectivity index (χ1) is 7.29. The standard InChI is InChI=1S/C13H20.C2H6.CH4/c1-5-9-11-13(8-4)12(7-3)10-6-2;1-2;/h7-8,10-11H,3-6,9H2,1-2H3;1-2H3;1H4/b12-10-,13-11-;;. The van der Waals surface area contributed by atoms with Crippen LogP contribution < -0.4 is 0 Å². The van der Waals surface area contributed by atoms with E-state index in [4.69, 9.17) is 0 Å². The van der Waals surface area contributed by atoms with E-state index in [1.54, 1.807) is 0 Å². The molecule has 0 radical (unpaired) electrons. The number of allylic oxidation sites excluding steroid dienone is 6. The summed E-state index contributed by atoms with van der Waals surface area (Å²) in [5.41, 5.74) is 2.41. The van der Waals surface area contributed by atoms with Gasteiger partial charge in [-0.05, 0) is 24.0 Å². The minimum absolute atomic E-state index is 0. The molecule has 0 aromatic rings. The van der Waals surface area contributed by atoms with Gasteiger partial charge < -0.3 is 0 Å². The van der Waals surface area contributed by atoms with E-state index < -0.39 is 0 Å². The first-order valence-corrected chi connectivity index (χ1v) is 5.95. The lowest BCUT2D eigenvalue weighted by Gasteiger charge is -2.02. The number of hydrogen-bond donors (Lipinski definition) is 0. The summed E-state index contributed by atoms with van der Waals surface area (Å²) < 4.78 is 0. The van der Waals surface area contributed by atoms with Gasteiger partial charge in [0.1, 0.15) is 0 Å². The molecule has 94 valence electrons. The lowest BCUT2D eigenvalue weighted by Crippen LogP contribution is -1.82. The molecule has 0 aliphatic rings. The summed E-state index contributed by atoms with van der Waals surface area (Å²) in [5.74, 6) is 0. The summed E-state index contributed by atoms with van der Waals surface area (Å²) in [4.78, 5) is 0. The fourth-order valence-electron chi connectivity index (χ4n) is 1.16. The summed E-state index contributed by atoms with van der Waals surface area (Å²) in [6, 6.07) is 0. The Labute approximate surface area is 103 Å². The highest BCUT2D eigenvalue weighted by Crippen LogP contribution is 2.14. The fraction of sp³-hybridized carbons (Fsp3) is 0.500. The maximum atomic E-state index is 3.81. The Bertz CT molecular complexity index is 216. The van der Waals surface area contributed by atoms with E-state index in [9.17, 15) is 0 Å². The van der Waals surface area contributed by atoms with Gasteiger partial charge in [-0.15, -0.1) is 0 Å². The molecule has 0 nitrogen and oxygen atoms in total. The maximum absolute atomic E-state index is 3.81. The van der Waals surface area contributed by atoms with Gasteiger partial charge in [-0.2, -0.15) is 0 Å². The zero-order valence-electron chi connectivity index (χ0n) is 10.8. The van der Waals surface area contributed by atoms with Gasteiger partial charge in [0, 0.05) is 0 Å². The molecule has 0 aromatic heterocycles. The number of hydrogen-bond acceptors (Lipinski definition) is 0. The third-order valence-corrected chi connectivity index (χ3v) is 1.85. The lowest BCUT2D eigenvalue weighted by atomic mass is 10.0. The average molecular weight is 222 g/mol. The highest BCUT2D eigenvalue weighted by molar-refractivity contribution is 5.44. The maximum Gasteiger partial charge on any atom is -0.0233 e. The molecule has 0 heterocycles. The average Bonchev–Trinajstić information content (AvgIpc) is 2.31. The SMILES string of the molecule is C.C=CC(=C/CC)/C(C=C)=C\CCC.CC. The molecule has 0 aliphatic heterocycles. The zero-order valence-corrected chi connectivity index (χ0v) is 10.8. The van der Waals surface area contributed by atoms with Crippen LogP contribution in [0.5, 0.6) is 0 Å². The van der Waals surface area contributed by atoms with Gasteiger partial charge in [-0.3, -0.25) is 0 Å². The molecule has 0 bridgehead atoms. The lowest BCUT2D eigenvalue weighted by molar-refractivity contribution is 0.953. The molecule has 0 spiro atoms. The van der Waals surface area contributed by atoms with Crippen molar-refractivity contribution in [1.29, 1.82) is 0 Å². The molecule has 0 fully saturated rings. The third-order valence-electron chi connectivity index (χ3n) is 1.85. The highest BCUT2D eigenvalue weighted by atomic mass is 14.0. The van der Waals surface area contributed by atoms with Crippen molar-refractivity contribution in [3.8, 4) is 0 Å². The fourth-order valence-corrected chi connectivity index (χ4v) is 1.16. The smallest absolute Gasteiger partial charge is 0.0233 e. The largest absolute Gasteiger partial charge is 0.0985 e. The molecule has 0 aliphatic carbocycles. The van der Waals surface area contributed by atoms with Gasteiger partial charge in [-0.25, -0.2) is 0 Å². The normalized spacial score (nSPS) is 10.8. The Kier molecular flexibility index (Phi) is 20.9. The molecule has 0 amide bonds. The predicted molar refractivity (Wildman–Crippen MR) is 79.8 cm³/mol. The van der Waals surface area contributed by atoms with Crippen molar-refractivity contribution in [2.45, 2.75) is 54.4 Å². The Hall–Kier alpha value is -1.04. The molecule has 0 saturated carbocycles. The van der Waals surface area contributed by atoms with E-state index in [2.05, 4.69) is 39.2 Å². The third kappa shape index (κ3) is 9.51. The summed E-state index contributed by atoms with van der Waals surface area (Å²) in [7, 11) is 0. The summed E-state index contributed by atoms with van der Waals surface area (Å²) in [5, 5.41) is 0. The molecule has 0 aromatic carbocycles. The summed E-state index contributed by atoms with van der Waals surface area (Å²) in [6.45, 7) is 15.9. The second-order valence-corrected chi connectivity index (χ2v) is 2.92. The Balaban J connectivity index is -0.000000529. The summed E-state index contributed by atoms with van der Waals surface area (Å²) >= 11 is 0. The van der Waals surface area contributed by atoms with Crippen molar-refractivity contribution in [3.05, 3.63) is 48.6 Å². The molecule has 0 rings (SSSR count). The van der Waals surface area contributed by atoms with Crippen LogP contribution in [-0.2, 0) is 0 Å². The van der Waals surface area contributed by atoms with Gasteiger partial charge in [-0.1, -0.05) is 79.0 Å². The van der Waals surface area contributed by atoms with Crippen LogP contribution in [0, 0.1) is 0 Å². The molecule has 0 saturated heterocycles. The monoisotopic (exact) mass is 222 g/mol. The van der Waals surface area contributed by atoms with Crippen LogP contribution in [-0.4, -0.2) is 0 Å². The van der Waals surface area contributed by atoms with Crippen LogP contribution in [0.3, 0.4) is 0 Å². The van der Waals surface area contributed by atoms with Gasteiger partial charge in [0.2, 0.25) is 0 Å². The molecular weight excluding hydrogens is 192 g/mol. The first kappa shape index (κ1) is 20.4. The van der Waals surface area contributed by atoms with Crippen molar-refractivity contribution in [2.24, 2.45) is 0 Å². The quantitative estimate of drug-likeness (QED) is 0.477. The number of unbranched alkanes of at least 4 members (excludes halogenated alkanes) is 1. The van der Waals surface area contributed by atoms with Gasteiger partial charge in [0.05, 0.1) is 0 Å². The Morgan fingerprint density at radius 1 is 0.938 bits per heavy atom. The first-order valence-electron chi connectivity index (χ1n) is 5.95. The van der Waals surface area contributed by atoms with Crippen molar-refractivity contribution in [3.63, 3.8) is 0 Å². The van der Waals surface area contributed by atoms with Crippen LogP contribution in [0.25, 0.3) is 0 Å². The van der Waals surface area contributed by atoms with Gasteiger partial charge in [0.15, 0.2) is 0 Å². The van der Waals surface area contributed by atoms with Crippen LogP contribution in [0.15, 0.2) is 48.6 Å². The van der Waals surface area contributed by atoms with Crippen molar-refractivity contribution in [1.82, 2.24) is 0 Å². The molecular formula is C16H30. The second kappa shape index (κ2) is 16.4. The molecule has 0 unspecified atom stereocenters. The van der Waals surface area contributed by atoms with Gasteiger partial charge >= 0.3 is 0 Å². The molecule has 0 atom stereocenters. The predicted octanol–water partition coefficient (Wildman–Crippen LogP) is 6.08.